The molecule has 2 saturated heterocycles. The molecule has 0 aliphatic carbocycles. The lowest BCUT2D eigenvalue weighted by Gasteiger charge is -2.35. The van der Waals surface area contributed by atoms with Gasteiger partial charge in [0.2, 0.25) is 5.91 Å². The summed E-state index contributed by atoms with van der Waals surface area (Å²) in [5, 5.41) is 13.0. The smallest absolute Gasteiger partial charge is 0.409 e. The summed E-state index contributed by atoms with van der Waals surface area (Å²) in [6, 6.07) is 0.349. The molecule has 2 aliphatic rings. The van der Waals surface area contributed by atoms with Crippen LogP contribution in [0.5, 0.6) is 0 Å². The van der Waals surface area contributed by atoms with Gasteiger partial charge in [-0.25, -0.2) is 4.79 Å². The minimum absolute atomic E-state index is 0.144. The van der Waals surface area contributed by atoms with E-state index in [9.17, 15) is 32.9 Å². The monoisotopic (exact) mass is 464 g/mol. The summed E-state index contributed by atoms with van der Waals surface area (Å²) in [4.78, 5) is 37.4. The number of methoxy groups -OCH3 is 1. The van der Waals surface area contributed by atoms with Gasteiger partial charge in [0.15, 0.2) is 0 Å². The highest BCUT2D eigenvalue weighted by Crippen LogP contribution is 2.41. The van der Waals surface area contributed by atoms with Crippen molar-refractivity contribution in [2.24, 2.45) is 0 Å². The van der Waals surface area contributed by atoms with Gasteiger partial charge in [-0.1, -0.05) is 17.7 Å². The van der Waals surface area contributed by atoms with Gasteiger partial charge in [0.1, 0.15) is 11.1 Å². The molecule has 1 aromatic rings. The van der Waals surface area contributed by atoms with E-state index in [1.54, 1.807) is 0 Å². The average Bonchev–Trinajstić information content (AvgIpc) is 3.18. The zero-order valence-electron chi connectivity index (χ0n) is 16.4. The van der Waals surface area contributed by atoms with Crippen molar-refractivity contribution in [3.05, 3.63) is 38.9 Å². The zero-order chi connectivity index (χ0) is 22.9. The van der Waals surface area contributed by atoms with Crippen LogP contribution >= 0.6 is 11.6 Å². The van der Waals surface area contributed by atoms with Gasteiger partial charge in [0, 0.05) is 38.2 Å². The van der Waals surface area contributed by atoms with Crippen molar-refractivity contribution in [2.45, 2.75) is 30.6 Å². The molecule has 170 valence electrons. The SMILES string of the molecule is COC(=O)N1CCN(C(=O)C2CC(c3ccc([N+](=O)[O-])c(Cl)c3)C(C(F)(F)F)N2)CC1. The van der Waals surface area contributed by atoms with Crippen LogP contribution < -0.4 is 5.32 Å². The molecule has 2 aliphatic heterocycles. The quantitative estimate of drug-likeness (QED) is 0.544. The van der Waals surface area contributed by atoms with Crippen molar-refractivity contribution < 1.29 is 32.4 Å². The molecular formula is C18H20ClF3N4O5. The lowest BCUT2D eigenvalue weighted by atomic mass is 9.90. The number of hydrogen-bond donors (Lipinski definition) is 1. The Labute approximate surface area is 180 Å². The standard InChI is InChI=1S/C18H20ClF3N4O5/c1-31-17(28)25-6-4-24(5-7-25)16(27)13-9-11(15(23-13)18(20,21)22)10-2-3-14(26(29)30)12(19)8-10/h2-3,8,11,13,15,23H,4-7,9H2,1H3. The molecule has 3 atom stereocenters. The Bertz CT molecular complexity index is 876. The maximum absolute atomic E-state index is 13.7. The van der Waals surface area contributed by atoms with Crippen molar-refractivity contribution in [1.29, 1.82) is 0 Å². The molecule has 3 rings (SSSR count). The third-order valence-electron chi connectivity index (χ3n) is 5.54. The van der Waals surface area contributed by atoms with E-state index < -0.39 is 46.8 Å². The van der Waals surface area contributed by atoms with Crippen LogP contribution in [0.4, 0.5) is 23.7 Å². The normalized spacial score (nSPS) is 24.2. The van der Waals surface area contributed by atoms with Gasteiger partial charge in [-0.05, 0) is 18.1 Å². The number of rotatable bonds is 3. The molecule has 2 amide bonds. The lowest BCUT2D eigenvalue weighted by molar-refractivity contribution is -0.384. The number of hydrogen-bond acceptors (Lipinski definition) is 6. The fourth-order valence-electron chi connectivity index (χ4n) is 3.97. The molecule has 3 unspecified atom stereocenters. The highest BCUT2D eigenvalue weighted by Gasteiger charge is 2.52. The first-order chi connectivity index (χ1) is 14.5. The summed E-state index contributed by atoms with van der Waals surface area (Å²) in [5.74, 6) is -1.63. The van der Waals surface area contributed by atoms with Crippen molar-refractivity contribution in [3.63, 3.8) is 0 Å². The molecule has 2 heterocycles. The number of benzene rings is 1. The Balaban J connectivity index is 1.76. The van der Waals surface area contributed by atoms with Crippen molar-refractivity contribution >= 4 is 29.3 Å². The lowest BCUT2D eigenvalue weighted by Crippen LogP contribution is -2.55. The molecule has 0 saturated carbocycles. The summed E-state index contributed by atoms with van der Waals surface area (Å²) in [5.41, 5.74) is -0.243. The third-order valence-corrected chi connectivity index (χ3v) is 5.85. The van der Waals surface area contributed by atoms with Gasteiger partial charge in [-0.3, -0.25) is 20.2 Å². The fraction of sp³-hybridized carbons (Fsp3) is 0.556. The first-order valence-corrected chi connectivity index (χ1v) is 9.79. The van der Waals surface area contributed by atoms with E-state index in [1.165, 1.54) is 23.0 Å². The molecule has 13 heteroatoms. The predicted octanol–water partition coefficient (Wildman–Crippen LogP) is 2.54. The van der Waals surface area contributed by atoms with Crippen LogP contribution in [-0.4, -0.2) is 78.3 Å². The first-order valence-electron chi connectivity index (χ1n) is 9.41. The maximum Gasteiger partial charge on any atom is 0.409 e. The Morgan fingerprint density at radius 3 is 2.35 bits per heavy atom. The molecule has 0 aromatic heterocycles. The van der Waals surface area contributed by atoms with E-state index in [1.807, 2.05) is 0 Å². The van der Waals surface area contributed by atoms with Crippen molar-refractivity contribution in [1.82, 2.24) is 15.1 Å². The molecule has 0 bridgehead atoms. The van der Waals surface area contributed by atoms with Crippen LogP contribution in [-0.2, 0) is 9.53 Å². The van der Waals surface area contributed by atoms with E-state index in [0.29, 0.717) is 0 Å². The van der Waals surface area contributed by atoms with Gasteiger partial charge >= 0.3 is 12.3 Å². The fourth-order valence-corrected chi connectivity index (χ4v) is 4.23. The summed E-state index contributed by atoms with van der Waals surface area (Å²) in [6.07, 6.45) is -5.32. The number of nitrogens with zero attached hydrogens (tertiary/aromatic N) is 3. The second-order valence-electron chi connectivity index (χ2n) is 7.33. The minimum Gasteiger partial charge on any atom is -0.453 e. The molecule has 1 N–H and O–H groups in total. The number of piperazine rings is 1. The number of halogens is 4. The topological polar surface area (TPSA) is 105 Å². The Morgan fingerprint density at radius 2 is 1.84 bits per heavy atom. The average molecular weight is 465 g/mol. The van der Waals surface area contributed by atoms with E-state index in [2.05, 4.69) is 10.1 Å². The molecule has 1 aromatic carbocycles. The summed E-state index contributed by atoms with van der Waals surface area (Å²) < 4.78 is 45.7. The number of carbonyl (C=O) groups is 2. The number of carbonyl (C=O) groups excluding carboxylic acids is 2. The highest BCUT2D eigenvalue weighted by atomic mass is 35.5. The molecular weight excluding hydrogens is 445 g/mol. The molecule has 2 fully saturated rings. The van der Waals surface area contributed by atoms with Gasteiger partial charge in [0.25, 0.3) is 5.69 Å². The summed E-state index contributed by atoms with van der Waals surface area (Å²) in [7, 11) is 1.24. The number of amides is 2. The summed E-state index contributed by atoms with van der Waals surface area (Å²) in [6.45, 7) is 0.790. The molecule has 0 spiro atoms. The van der Waals surface area contributed by atoms with Crippen molar-refractivity contribution in [3.8, 4) is 0 Å². The number of alkyl halides is 3. The molecule has 31 heavy (non-hydrogen) atoms. The molecule has 0 radical (unpaired) electrons. The second-order valence-corrected chi connectivity index (χ2v) is 7.74. The van der Waals surface area contributed by atoms with Gasteiger partial charge in [-0.15, -0.1) is 0 Å². The Morgan fingerprint density at radius 1 is 1.23 bits per heavy atom. The Kier molecular flexibility index (Phi) is 6.60. The predicted molar refractivity (Wildman–Crippen MR) is 103 cm³/mol. The van der Waals surface area contributed by atoms with Crippen LogP contribution in [0.15, 0.2) is 18.2 Å². The van der Waals surface area contributed by atoms with E-state index >= 15 is 0 Å². The first kappa shape index (κ1) is 23.1. The maximum atomic E-state index is 13.7. The second kappa shape index (κ2) is 8.87. The minimum atomic E-state index is -4.64. The van der Waals surface area contributed by atoms with Crippen LogP contribution in [0.3, 0.4) is 0 Å². The van der Waals surface area contributed by atoms with E-state index in [0.717, 1.165) is 12.1 Å². The van der Waals surface area contributed by atoms with Crippen molar-refractivity contribution in [2.75, 3.05) is 33.3 Å². The Hall–Kier alpha value is -2.60. The van der Waals surface area contributed by atoms with Gasteiger partial charge < -0.3 is 14.5 Å². The van der Waals surface area contributed by atoms with Gasteiger partial charge in [-0.2, -0.15) is 13.2 Å². The number of nitro groups is 1. The van der Waals surface area contributed by atoms with E-state index in [4.69, 9.17) is 11.6 Å². The van der Waals surface area contributed by atoms with E-state index in [-0.39, 0.29) is 43.2 Å². The van der Waals surface area contributed by atoms with Crippen LogP contribution in [0, 0.1) is 10.1 Å². The van der Waals surface area contributed by atoms with Crippen LogP contribution in [0.1, 0.15) is 17.9 Å². The number of nitro benzene ring substituents is 1. The summed E-state index contributed by atoms with van der Waals surface area (Å²) >= 11 is 5.88. The molecule has 9 nitrogen and oxygen atoms in total. The largest absolute Gasteiger partial charge is 0.453 e. The van der Waals surface area contributed by atoms with Crippen LogP contribution in [0.25, 0.3) is 0 Å². The number of ether oxygens (including phenoxy) is 1. The zero-order valence-corrected chi connectivity index (χ0v) is 17.2. The van der Waals surface area contributed by atoms with Gasteiger partial charge in [0.05, 0.1) is 18.1 Å². The number of nitrogens with one attached hydrogen (secondary N) is 1. The highest BCUT2D eigenvalue weighted by molar-refractivity contribution is 6.32. The van der Waals surface area contributed by atoms with Crippen LogP contribution in [0.2, 0.25) is 5.02 Å². The third kappa shape index (κ3) is 4.85.